The second-order valence-electron chi connectivity index (χ2n) is 4.81. The molecule has 0 fully saturated rings. The van der Waals surface area contributed by atoms with Crippen LogP contribution in [-0.4, -0.2) is 32.3 Å². The van der Waals surface area contributed by atoms with E-state index in [0.717, 1.165) is 23.3 Å². The number of benzene rings is 1. The van der Waals surface area contributed by atoms with Gasteiger partial charge in [-0.15, -0.1) is 12.4 Å². The van der Waals surface area contributed by atoms with Crippen LogP contribution in [0.4, 0.5) is 0 Å². The summed E-state index contributed by atoms with van der Waals surface area (Å²) in [6.07, 6.45) is 0.829. The van der Waals surface area contributed by atoms with Crippen LogP contribution in [-0.2, 0) is 16.1 Å². The normalized spacial score (nSPS) is 11.4. The molecule has 0 saturated heterocycles. The Balaban J connectivity index is 0.00000400. The summed E-state index contributed by atoms with van der Waals surface area (Å²) in [5.74, 6) is 0.627. The van der Waals surface area contributed by atoms with E-state index in [4.69, 9.17) is 15.2 Å². The number of hydrogen-bond donors (Lipinski definition) is 2. The summed E-state index contributed by atoms with van der Waals surface area (Å²) in [4.78, 5) is 11.5. The second kappa shape index (κ2) is 10.4. The molecule has 0 saturated carbocycles. The Bertz CT molecular complexity index is 439. The number of nitrogens with two attached hydrogens (primary N) is 1. The number of carbonyl (C=O) groups excluding carboxylic acids is 1. The van der Waals surface area contributed by atoms with Gasteiger partial charge in [-0.25, -0.2) is 0 Å². The first-order valence-corrected chi connectivity index (χ1v) is 6.79. The summed E-state index contributed by atoms with van der Waals surface area (Å²) in [6.45, 7) is 5.34. The van der Waals surface area contributed by atoms with Crippen LogP contribution in [0.15, 0.2) is 18.2 Å². The predicted octanol–water partition coefficient (Wildman–Crippen LogP) is 1.80. The Morgan fingerprint density at radius 1 is 1.38 bits per heavy atom. The first-order chi connectivity index (χ1) is 9.54. The molecule has 21 heavy (non-hydrogen) atoms. The molecule has 1 rings (SSSR count). The SMILES string of the molecule is COCCCOc1cc(C)ccc1CNC(=O)[C@H](C)N.Cl. The first kappa shape index (κ1) is 19.7. The van der Waals surface area contributed by atoms with Gasteiger partial charge in [0.1, 0.15) is 5.75 Å². The van der Waals surface area contributed by atoms with Crippen molar-refractivity contribution in [2.75, 3.05) is 20.3 Å². The van der Waals surface area contributed by atoms with Crippen molar-refractivity contribution in [3.63, 3.8) is 0 Å². The molecule has 0 aliphatic rings. The zero-order chi connectivity index (χ0) is 15.0. The number of ether oxygens (including phenoxy) is 2. The van der Waals surface area contributed by atoms with Gasteiger partial charge < -0.3 is 20.5 Å². The predicted molar refractivity (Wildman–Crippen MR) is 85.9 cm³/mol. The van der Waals surface area contributed by atoms with Crippen LogP contribution >= 0.6 is 12.4 Å². The summed E-state index contributed by atoms with van der Waals surface area (Å²) in [6, 6.07) is 5.42. The maximum atomic E-state index is 11.5. The number of nitrogens with one attached hydrogen (secondary N) is 1. The third-order valence-corrected chi connectivity index (χ3v) is 2.84. The average molecular weight is 317 g/mol. The smallest absolute Gasteiger partial charge is 0.236 e. The Morgan fingerprint density at radius 2 is 2.10 bits per heavy atom. The third-order valence-electron chi connectivity index (χ3n) is 2.84. The lowest BCUT2D eigenvalue weighted by atomic mass is 10.1. The summed E-state index contributed by atoms with van der Waals surface area (Å²) in [5, 5.41) is 2.79. The van der Waals surface area contributed by atoms with Crippen molar-refractivity contribution in [2.45, 2.75) is 32.9 Å². The van der Waals surface area contributed by atoms with Gasteiger partial charge in [0.2, 0.25) is 5.91 Å². The van der Waals surface area contributed by atoms with E-state index in [9.17, 15) is 4.79 Å². The van der Waals surface area contributed by atoms with Gasteiger partial charge in [-0.05, 0) is 25.5 Å². The molecule has 0 unspecified atom stereocenters. The number of carbonyl (C=O) groups is 1. The largest absolute Gasteiger partial charge is 0.493 e. The lowest BCUT2D eigenvalue weighted by molar-refractivity contribution is -0.122. The highest BCUT2D eigenvalue weighted by molar-refractivity contribution is 5.85. The van der Waals surface area contributed by atoms with E-state index in [1.54, 1.807) is 14.0 Å². The van der Waals surface area contributed by atoms with Crippen molar-refractivity contribution in [1.82, 2.24) is 5.32 Å². The monoisotopic (exact) mass is 316 g/mol. The van der Waals surface area contributed by atoms with Gasteiger partial charge in [0.25, 0.3) is 0 Å². The minimum absolute atomic E-state index is 0. The van der Waals surface area contributed by atoms with E-state index in [0.29, 0.717) is 19.8 Å². The highest BCUT2D eigenvalue weighted by Crippen LogP contribution is 2.20. The number of methoxy groups -OCH3 is 1. The number of aryl methyl sites for hydroxylation is 1. The fourth-order valence-electron chi connectivity index (χ4n) is 1.67. The van der Waals surface area contributed by atoms with Crippen LogP contribution < -0.4 is 15.8 Å². The maximum Gasteiger partial charge on any atom is 0.236 e. The van der Waals surface area contributed by atoms with Gasteiger partial charge in [-0.3, -0.25) is 4.79 Å². The Kier molecular flexibility index (Phi) is 9.78. The summed E-state index contributed by atoms with van der Waals surface area (Å²) in [7, 11) is 1.67. The molecule has 1 amide bonds. The van der Waals surface area contributed by atoms with E-state index in [1.165, 1.54) is 0 Å². The molecule has 1 aromatic carbocycles. The summed E-state index contributed by atoms with van der Waals surface area (Å²) < 4.78 is 10.7. The van der Waals surface area contributed by atoms with Crippen molar-refractivity contribution in [2.24, 2.45) is 5.73 Å². The van der Waals surface area contributed by atoms with Crippen LogP contribution in [0.1, 0.15) is 24.5 Å². The van der Waals surface area contributed by atoms with E-state index < -0.39 is 6.04 Å². The van der Waals surface area contributed by atoms with Crippen molar-refractivity contribution in [3.8, 4) is 5.75 Å². The molecule has 3 N–H and O–H groups in total. The molecule has 0 aliphatic heterocycles. The van der Waals surface area contributed by atoms with E-state index in [-0.39, 0.29) is 18.3 Å². The number of halogens is 1. The van der Waals surface area contributed by atoms with Gasteiger partial charge in [-0.1, -0.05) is 12.1 Å². The van der Waals surface area contributed by atoms with Gasteiger partial charge >= 0.3 is 0 Å². The zero-order valence-corrected chi connectivity index (χ0v) is 13.7. The minimum atomic E-state index is -0.508. The molecule has 0 aliphatic carbocycles. The fraction of sp³-hybridized carbons (Fsp3) is 0.533. The van der Waals surface area contributed by atoms with Crippen molar-refractivity contribution in [3.05, 3.63) is 29.3 Å². The number of hydrogen-bond acceptors (Lipinski definition) is 4. The molecule has 1 aromatic rings. The quantitative estimate of drug-likeness (QED) is 0.717. The molecular weight excluding hydrogens is 292 g/mol. The van der Waals surface area contributed by atoms with E-state index in [1.807, 2.05) is 25.1 Å². The van der Waals surface area contributed by atoms with Crippen LogP contribution in [0.25, 0.3) is 0 Å². The van der Waals surface area contributed by atoms with Crippen LogP contribution in [0, 0.1) is 6.92 Å². The van der Waals surface area contributed by atoms with Crippen LogP contribution in [0.5, 0.6) is 5.75 Å². The lowest BCUT2D eigenvalue weighted by Gasteiger charge is -2.14. The van der Waals surface area contributed by atoms with Gasteiger partial charge in [0, 0.05) is 32.2 Å². The molecule has 5 nitrogen and oxygen atoms in total. The van der Waals surface area contributed by atoms with Crippen molar-refractivity contribution >= 4 is 18.3 Å². The Morgan fingerprint density at radius 3 is 2.71 bits per heavy atom. The molecular formula is C15H25ClN2O3. The average Bonchev–Trinajstić information content (AvgIpc) is 2.42. The van der Waals surface area contributed by atoms with Crippen molar-refractivity contribution in [1.29, 1.82) is 0 Å². The van der Waals surface area contributed by atoms with Crippen LogP contribution in [0.3, 0.4) is 0 Å². The molecule has 120 valence electrons. The molecule has 0 radical (unpaired) electrons. The molecule has 0 aromatic heterocycles. The molecule has 6 heteroatoms. The zero-order valence-electron chi connectivity index (χ0n) is 12.8. The number of rotatable bonds is 8. The first-order valence-electron chi connectivity index (χ1n) is 6.79. The third kappa shape index (κ3) is 7.32. The number of amides is 1. The maximum absolute atomic E-state index is 11.5. The van der Waals surface area contributed by atoms with E-state index in [2.05, 4.69) is 5.32 Å². The van der Waals surface area contributed by atoms with Gasteiger partial charge in [-0.2, -0.15) is 0 Å². The summed E-state index contributed by atoms with van der Waals surface area (Å²) >= 11 is 0. The Hall–Kier alpha value is -1.30. The van der Waals surface area contributed by atoms with Crippen LogP contribution in [0.2, 0.25) is 0 Å². The molecule has 0 heterocycles. The standard InChI is InChI=1S/C15H24N2O3.ClH/c1-11-5-6-13(10-17-15(18)12(2)16)14(9-11)20-8-4-7-19-3;/h5-6,9,12H,4,7-8,10,16H2,1-3H3,(H,17,18);1H/t12-;/m0./s1. The van der Waals surface area contributed by atoms with Gasteiger partial charge in [0.15, 0.2) is 0 Å². The Labute approximate surface area is 132 Å². The minimum Gasteiger partial charge on any atom is -0.493 e. The van der Waals surface area contributed by atoms with Crippen molar-refractivity contribution < 1.29 is 14.3 Å². The molecule has 1 atom stereocenters. The second-order valence-corrected chi connectivity index (χ2v) is 4.81. The van der Waals surface area contributed by atoms with E-state index >= 15 is 0 Å². The molecule has 0 spiro atoms. The summed E-state index contributed by atoms with van der Waals surface area (Å²) in [5.41, 5.74) is 7.58. The van der Waals surface area contributed by atoms with Gasteiger partial charge in [0.05, 0.1) is 12.6 Å². The molecule has 0 bridgehead atoms. The fourth-order valence-corrected chi connectivity index (χ4v) is 1.67. The highest BCUT2D eigenvalue weighted by atomic mass is 35.5. The lowest BCUT2D eigenvalue weighted by Crippen LogP contribution is -2.37. The highest BCUT2D eigenvalue weighted by Gasteiger charge is 2.09. The topological polar surface area (TPSA) is 73.6 Å².